The standard InChI is InChI=1S/C21H23N7O2/c1-2-17-24-20(27-21(26-17)28-10-12-30-13-11-28)25-18-9-8-15(14-22-18)19(29)23-16-6-4-3-5-7-16/h3-9,14H,2,10-13H2,1H3,(H,23,29)(H,22,24,25,26,27). The van der Waals surface area contributed by atoms with Crippen LogP contribution in [0.4, 0.5) is 23.4 Å². The summed E-state index contributed by atoms with van der Waals surface area (Å²) in [5.74, 6) is 2.09. The average molecular weight is 405 g/mol. The molecule has 9 heteroatoms. The minimum atomic E-state index is -0.219. The second kappa shape index (κ2) is 9.27. The summed E-state index contributed by atoms with van der Waals surface area (Å²) in [7, 11) is 0. The Bertz CT molecular complexity index is 990. The maximum atomic E-state index is 12.4. The number of hydrogen-bond donors (Lipinski definition) is 2. The topological polar surface area (TPSA) is 105 Å². The molecule has 0 radical (unpaired) electrons. The van der Waals surface area contributed by atoms with Crippen LogP contribution in [0.5, 0.6) is 0 Å². The lowest BCUT2D eigenvalue weighted by atomic mass is 10.2. The van der Waals surface area contributed by atoms with Crippen LogP contribution in [0.3, 0.4) is 0 Å². The van der Waals surface area contributed by atoms with Crippen molar-refractivity contribution in [3.63, 3.8) is 0 Å². The number of para-hydroxylation sites is 1. The number of hydrogen-bond acceptors (Lipinski definition) is 8. The molecule has 2 N–H and O–H groups in total. The molecule has 0 aliphatic carbocycles. The number of nitrogens with one attached hydrogen (secondary N) is 2. The highest BCUT2D eigenvalue weighted by molar-refractivity contribution is 6.04. The number of anilines is 4. The van der Waals surface area contributed by atoms with Gasteiger partial charge in [0, 0.05) is 31.4 Å². The molecular formula is C21H23N7O2. The highest BCUT2D eigenvalue weighted by Crippen LogP contribution is 2.17. The lowest BCUT2D eigenvalue weighted by Gasteiger charge is -2.27. The van der Waals surface area contributed by atoms with Crippen LogP contribution in [0.2, 0.25) is 0 Å². The SMILES string of the molecule is CCc1nc(Nc2ccc(C(=O)Nc3ccccc3)cn2)nc(N2CCOCC2)n1. The fourth-order valence-corrected chi connectivity index (χ4v) is 2.97. The summed E-state index contributed by atoms with van der Waals surface area (Å²) >= 11 is 0. The van der Waals surface area contributed by atoms with Gasteiger partial charge in [-0.3, -0.25) is 4.79 Å². The molecule has 9 nitrogen and oxygen atoms in total. The van der Waals surface area contributed by atoms with Crippen LogP contribution in [0.15, 0.2) is 48.7 Å². The van der Waals surface area contributed by atoms with Crippen molar-refractivity contribution >= 4 is 29.3 Å². The summed E-state index contributed by atoms with van der Waals surface area (Å²) in [5.41, 5.74) is 1.20. The van der Waals surface area contributed by atoms with Crippen molar-refractivity contribution in [2.45, 2.75) is 13.3 Å². The van der Waals surface area contributed by atoms with Gasteiger partial charge in [0.15, 0.2) is 0 Å². The van der Waals surface area contributed by atoms with E-state index in [-0.39, 0.29) is 5.91 Å². The van der Waals surface area contributed by atoms with Crippen molar-refractivity contribution in [2.75, 3.05) is 41.8 Å². The Balaban J connectivity index is 1.46. The number of nitrogens with zero attached hydrogens (tertiary/aromatic N) is 5. The zero-order chi connectivity index (χ0) is 20.8. The van der Waals surface area contributed by atoms with E-state index in [0.717, 1.165) is 18.8 Å². The first-order chi connectivity index (χ1) is 14.7. The van der Waals surface area contributed by atoms with E-state index in [1.807, 2.05) is 37.3 Å². The van der Waals surface area contributed by atoms with Gasteiger partial charge in [-0.2, -0.15) is 15.0 Å². The third kappa shape index (κ3) is 4.87. The van der Waals surface area contributed by atoms with Crippen LogP contribution in [0.25, 0.3) is 0 Å². The summed E-state index contributed by atoms with van der Waals surface area (Å²) < 4.78 is 5.40. The summed E-state index contributed by atoms with van der Waals surface area (Å²) in [6.07, 6.45) is 2.21. The van der Waals surface area contributed by atoms with Crippen molar-refractivity contribution in [3.8, 4) is 0 Å². The normalized spacial score (nSPS) is 13.7. The number of aromatic nitrogens is 4. The smallest absolute Gasteiger partial charge is 0.257 e. The third-order valence-corrected chi connectivity index (χ3v) is 4.58. The summed E-state index contributed by atoms with van der Waals surface area (Å²) in [6, 6.07) is 12.7. The zero-order valence-corrected chi connectivity index (χ0v) is 16.7. The van der Waals surface area contributed by atoms with E-state index in [0.29, 0.717) is 48.7 Å². The van der Waals surface area contributed by atoms with Crippen LogP contribution in [0, 0.1) is 0 Å². The van der Waals surface area contributed by atoms with Crippen molar-refractivity contribution in [1.29, 1.82) is 0 Å². The number of amides is 1. The molecule has 1 saturated heterocycles. The molecule has 1 aromatic carbocycles. The number of carbonyl (C=O) groups is 1. The molecule has 0 bridgehead atoms. The van der Waals surface area contributed by atoms with Gasteiger partial charge in [0.2, 0.25) is 11.9 Å². The van der Waals surface area contributed by atoms with Crippen LogP contribution in [-0.4, -0.2) is 52.1 Å². The van der Waals surface area contributed by atoms with Crippen molar-refractivity contribution in [3.05, 3.63) is 60.0 Å². The molecule has 3 heterocycles. The molecule has 1 aliphatic heterocycles. The molecule has 0 unspecified atom stereocenters. The van der Waals surface area contributed by atoms with E-state index in [2.05, 4.69) is 35.5 Å². The molecule has 1 aliphatic rings. The monoisotopic (exact) mass is 405 g/mol. The van der Waals surface area contributed by atoms with Gasteiger partial charge in [-0.25, -0.2) is 4.98 Å². The molecule has 30 heavy (non-hydrogen) atoms. The molecule has 3 aromatic rings. The first-order valence-electron chi connectivity index (χ1n) is 9.88. The van der Waals surface area contributed by atoms with Gasteiger partial charge in [-0.15, -0.1) is 0 Å². The number of ether oxygens (including phenoxy) is 1. The number of rotatable bonds is 6. The number of benzene rings is 1. The first-order valence-corrected chi connectivity index (χ1v) is 9.88. The van der Waals surface area contributed by atoms with Gasteiger partial charge in [0.25, 0.3) is 5.91 Å². The molecule has 4 rings (SSSR count). The lowest BCUT2D eigenvalue weighted by molar-refractivity contribution is 0.102. The van der Waals surface area contributed by atoms with Crippen molar-refractivity contribution < 1.29 is 9.53 Å². The first kappa shape index (κ1) is 19.7. The Morgan fingerprint density at radius 2 is 1.87 bits per heavy atom. The second-order valence-corrected chi connectivity index (χ2v) is 6.71. The van der Waals surface area contributed by atoms with Gasteiger partial charge < -0.3 is 20.3 Å². The van der Waals surface area contributed by atoms with Crippen LogP contribution in [0.1, 0.15) is 23.1 Å². The lowest BCUT2D eigenvalue weighted by Crippen LogP contribution is -2.37. The van der Waals surface area contributed by atoms with E-state index in [9.17, 15) is 4.79 Å². The maximum Gasteiger partial charge on any atom is 0.257 e. The summed E-state index contributed by atoms with van der Waals surface area (Å²) in [5, 5.41) is 5.95. The predicted octanol–water partition coefficient (Wildman–Crippen LogP) is 2.66. The number of morpholine rings is 1. The largest absolute Gasteiger partial charge is 0.378 e. The quantitative estimate of drug-likeness (QED) is 0.645. The Labute approximate surface area is 174 Å². The van der Waals surface area contributed by atoms with E-state index < -0.39 is 0 Å². The Morgan fingerprint density at radius 3 is 2.57 bits per heavy atom. The molecule has 0 atom stereocenters. The van der Waals surface area contributed by atoms with E-state index in [1.165, 1.54) is 6.20 Å². The summed E-state index contributed by atoms with van der Waals surface area (Å²) in [4.78, 5) is 32.3. The minimum absolute atomic E-state index is 0.219. The molecule has 0 spiro atoms. The molecule has 1 fully saturated rings. The molecule has 1 amide bonds. The van der Waals surface area contributed by atoms with E-state index in [4.69, 9.17) is 4.74 Å². The molecule has 0 saturated carbocycles. The van der Waals surface area contributed by atoms with Gasteiger partial charge in [0.05, 0.1) is 18.8 Å². The third-order valence-electron chi connectivity index (χ3n) is 4.58. The fourth-order valence-electron chi connectivity index (χ4n) is 2.97. The van der Waals surface area contributed by atoms with Gasteiger partial charge >= 0.3 is 0 Å². The fraction of sp³-hybridized carbons (Fsp3) is 0.286. The minimum Gasteiger partial charge on any atom is -0.378 e. The van der Waals surface area contributed by atoms with Gasteiger partial charge in [-0.1, -0.05) is 25.1 Å². The molecule has 154 valence electrons. The predicted molar refractivity (Wildman–Crippen MR) is 114 cm³/mol. The van der Waals surface area contributed by atoms with Crippen LogP contribution >= 0.6 is 0 Å². The highest BCUT2D eigenvalue weighted by atomic mass is 16.5. The Hall–Kier alpha value is -3.59. The second-order valence-electron chi connectivity index (χ2n) is 6.71. The van der Waals surface area contributed by atoms with Gasteiger partial charge in [0.1, 0.15) is 11.6 Å². The number of carbonyl (C=O) groups excluding carboxylic acids is 1. The highest BCUT2D eigenvalue weighted by Gasteiger charge is 2.16. The average Bonchev–Trinajstić information content (AvgIpc) is 2.80. The Kier molecular flexibility index (Phi) is 6.09. The van der Waals surface area contributed by atoms with E-state index in [1.54, 1.807) is 12.1 Å². The van der Waals surface area contributed by atoms with Crippen molar-refractivity contribution in [1.82, 2.24) is 19.9 Å². The molecular weight excluding hydrogens is 382 g/mol. The van der Waals surface area contributed by atoms with E-state index >= 15 is 0 Å². The van der Waals surface area contributed by atoms with Crippen LogP contribution in [-0.2, 0) is 11.2 Å². The summed E-state index contributed by atoms with van der Waals surface area (Å²) in [6.45, 7) is 4.81. The molecule has 2 aromatic heterocycles. The number of aryl methyl sites for hydroxylation is 1. The van der Waals surface area contributed by atoms with Crippen LogP contribution < -0.4 is 15.5 Å². The maximum absolute atomic E-state index is 12.4. The zero-order valence-electron chi connectivity index (χ0n) is 16.7. The van der Waals surface area contributed by atoms with Gasteiger partial charge in [-0.05, 0) is 24.3 Å². The Morgan fingerprint density at radius 1 is 1.07 bits per heavy atom. The number of pyridine rings is 1. The van der Waals surface area contributed by atoms with Crippen molar-refractivity contribution in [2.24, 2.45) is 0 Å².